The zero-order valence-electron chi connectivity index (χ0n) is 19.0. The SMILES string of the molecule is Cl.Cl.O[C@H]1CN(CCc2c(Cl)cnc3ccc(F)cc23)CC[C@H]1NCc1cc2c(cn1)OCCO2. The largest absolute Gasteiger partial charge is 0.486 e. The summed E-state index contributed by atoms with van der Waals surface area (Å²) < 4.78 is 24.9. The number of halogens is 4. The first kappa shape index (κ1) is 27.6. The van der Waals surface area contributed by atoms with Gasteiger partial charge in [0.2, 0.25) is 0 Å². The maximum atomic E-state index is 13.8. The molecular formula is C24H28Cl3FN4O3. The Morgan fingerprint density at radius 1 is 1.11 bits per heavy atom. The Morgan fingerprint density at radius 3 is 2.71 bits per heavy atom. The zero-order valence-corrected chi connectivity index (χ0v) is 21.3. The van der Waals surface area contributed by atoms with E-state index in [2.05, 4.69) is 20.2 Å². The van der Waals surface area contributed by atoms with Crippen molar-refractivity contribution in [3.8, 4) is 11.5 Å². The third-order valence-electron chi connectivity index (χ3n) is 6.27. The highest BCUT2D eigenvalue weighted by Gasteiger charge is 2.27. The third kappa shape index (κ3) is 6.44. The van der Waals surface area contributed by atoms with Gasteiger partial charge in [-0.05, 0) is 43.1 Å². The molecular weight excluding hydrogens is 518 g/mol. The quantitative estimate of drug-likeness (QED) is 0.488. The van der Waals surface area contributed by atoms with Gasteiger partial charge in [0, 0.05) is 43.3 Å². The molecule has 0 radical (unpaired) electrons. The maximum absolute atomic E-state index is 13.8. The lowest BCUT2D eigenvalue weighted by atomic mass is 10.0. The number of ether oxygens (including phenoxy) is 2. The van der Waals surface area contributed by atoms with Crippen LogP contribution >= 0.6 is 36.4 Å². The monoisotopic (exact) mass is 544 g/mol. The van der Waals surface area contributed by atoms with E-state index < -0.39 is 6.10 Å². The number of aliphatic hydroxyl groups excluding tert-OH is 1. The number of likely N-dealkylation sites (tertiary alicyclic amines) is 1. The van der Waals surface area contributed by atoms with E-state index in [0.717, 1.165) is 41.7 Å². The van der Waals surface area contributed by atoms with Crippen molar-refractivity contribution in [2.75, 3.05) is 32.8 Å². The number of piperidine rings is 1. The Bertz CT molecular complexity index is 1150. The summed E-state index contributed by atoms with van der Waals surface area (Å²) >= 11 is 6.38. The molecule has 0 saturated carbocycles. The summed E-state index contributed by atoms with van der Waals surface area (Å²) in [6.45, 7) is 3.75. The average molecular weight is 546 g/mol. The summed E-state index contributed by atoms with van der Waals surface area (Å²) in [4.78, 5) is 10.9. The van der Waals surface area contributed by atoms with Gasteiger partial charge in [0.25, 0.3) is 0 Å². The predicted molar refractivity (Wildman–Crippen MR) is 138 cm³/mol. The van der Waals surface area contributed by atoms with Crippen molar-refractivity contribution in [1.29, 1.82) is 0 Å². The fourth-order valence-corrected chi connectivity index (χ4v) is 4.72. The molecule has 11 heteroatoms. The van der Waals surface area contributed by atoms with E-state index in [0.29, 0.717) is 49.2 Å². The standard InChI is InChI=1S/C24H26ClFN4O3.2ClH/c25-19-12-29-20-2-1-15(26)9-18(20)17(19)3-5-30-6-4-21(22(31)14-30)28-11-16-10-23-24(13-27-16)33-8-7-32-23;;/h1-2,9-10,12-13,21-22,28,31H,3-8,11,14H2;2*1H/t21-,22+;;/m1../s1. The Labute approximate surface area is 220 Å². The van der Waals surface area contributed by atoms with Gasteiger partial charge in [-0.1, -0.05) is 11.6 Å². The number of aliphatic hydroxyl groups is 1. The minimum atomic E-state index is -0.502. The molecule has 1 fully saturated rings. The molecule has 0 unspecified atom stereocenters. The minimum absolute atomic E-state index is 0. The number of fused-ring (bicyclic) bond motifs is 2. The van der Waals surface area contributed by atoms with Crippen LogP contribution < -0.4 is 14.8 Å². The van der Waals surface area contributed by atoms with E-state index in [-0.39, 0.29) is 36.7 Å². The first-order valence-electron chi connectivity index (χ1n) is 11.2. The van der Waals surface area contributed by atoms with Crippen molar-refractivity contribution < 1.29 is 19.0 Å². The van der Waals surface area contributed by atoms with E-state index in [9.17, 15) is 9.50 Å². The summed E-state index contributed by atoms with van der Waals surface area (Å²) in [5.41, 5.74) is 2.47. The highest BCUT2D eigenvalue weighted by atomic mass is 35.5. The second-order valence-electron chi connectivity index (χ2n) is 8.46. The van der Waals surface area contributed by atoms with Crippen LogP contribution in [0.25, 0.3) is 10.9 Å². The first-order valence-corrected chi connectivity index (χ1v) is 11.6. The number of hydrogen-bond donors (Lipinski definition) is 2. The van der Waals surface area contributed by atoms with Crippen molar-refractivity contribution in [2.24, 2.45) is 0 Å². The first-order chi connectivity index (χ1) is 16.1. The molecule has 190 valence electrons. The van der Waals surface area contributed by atoms with Gasteiger partial charge in [-0.15, -0.1) is 24.8 Å². The molecule has 2 atom stereocenters. The number of β-amino-alcohol motifs (C(OH)–C–C–N with tert-alkyl or cyclic N) is 1. The second kappa shape index (κ2) is 12.3. The lowest BCUT2D eigenvalue weighted by Gasteiger charge is -2.36. The number of nitrogens with zero attached hydrogens (tertiary/aromatic N) is 3. The Balaban J connectivity index is 0.00000171. The molecule has 2 aliphatic rings. The van der Waals surface area contributed by atoms with Gasteiger partial charge in [-0.25, -0.2) is 4.39 Å². The van der Waals surface area contributed by atoms with Crippen LogP contribution in [-0.4, -0.2) is 65.0 Å². The van der Waals surface area contributed by atoms with Crippen LogP contribution in [0.2, 0.25) is 5.02 Å². The Hall–Kier alpha value is -1.94. The van der Waals surface area contributed by atoms with Crippen LogP contribution in [0.3, 0.4) is 0 Å². The number of nitrogens with one attached hydrogen (secondary N) is 1. The number of hydrogen-bond acceptors (Lipinski definition) is 7. The smallest absolute Gasteiger partial charge is 0.179 e. The van der Waals surface area contributed by atoms with Gasteiger partial charge in [0.1, 0.15) is 19.0 Å². The molecule has 2 aliphatic heterocycles. The topological polar surface area (TPSA) is 79.7 Å². The molecule has 2 aromatic heterocycles. The van der Waals surface area contributed by atoms with Gasteiger partial charge in [0.05, 0.1) is 28.5 Å². The summed E-state index contributed by atoms with van der Waals surface area (Å²) in [6, 6.07) is 6.43. The van der Waals surface area contributed by atoms with E-state index in [4.69, 9.17) is 21.1 Å². The van der Waals surface area contributed by atoms with Crippen molar-refractivity contribution in [2.45, 2.75) is 31.5 Å². The predicted octanol–water partition coefficient (Wildman–Crippen LogP) is 3.80. The van der Waals surface area contributed by atoms with E-state index in [1.807, 2.05) is 6.07 Å². The number of aromatic nitrogens is 2. The van der Waals surface area contributed by atoms with Crippen LogP contribution in [0.4, 0.5) is 4.39 Å². The number of benzene rings is 1. The van der Waals surface area contributed by atoms with Crippen molar-refractivity contribution >= 4 is 47.3 Å². The highest BCUT2D eigenvalue weighted by molar-refractivity contribution is 6.32. The molecule has 0 bridgehead atoms. The molecule has 1 aromatic carbocycles. The molecule has 1 saturated heterocycles. The molecule has 5 rings (SSSR count). The van der Waals surface area contributed by atoms with Gasteiger partial charge in [-0.3, -0.25) is 9.97 Å². The van der Waals surface area contributed by atoms with E-state index >= 15 is 0 Å². The van der Waals surface area contributed by atoms with Crippen molar-refractivity contribution in [1.82, 2.24) is 20.2 Å². The van der Waals surface area contributed by atoms with Crippen molar-refractivity contribution in [3.63, 3.8) is 0 Å². The summed E-state index contributed by atoms with van der Waals surface area (Å²) in [5, 5.41) is 15.4. The maximum Gasteiger partial charge on any atom is 0.179 e. The zero-order chi connectivity index (χ0) is 22.8. The molecule has 0 spiro atoms. The summed E-state index contributed by atoms with van der Waals surface area (Å²) in [7, 11) is 0. The minimum Gasteiger partial charge on any atom is -0.486 e. The normalized spacial score (nSPS) is 19.6. The van der Waals surface area contributed by atoms with Gasteiger partial charge < -0.3 is 24.8 Å². The summed E-state index contributed by atoms with van der Waals surface area (Å²) in [5.74, 6) is 1.08. The average Bonchev–Trinajstić information content (AvgIpc) is 2.82. The van der Waals surface area contributed by atoms with E-state index in [1.54, 1.807) is 18.5 Å². The van der Waals surface area contributed by atoms with Crippen LogP contribution in [0.15, 0.2) is 36.7 Å². The number of rotatable bonds is 6. The molecule has 7 nitrogen and oxygen atoms in total. The molecule has 4 heterocycles. The third-order valence-corrected chi connectivity index (χ3v) is 6.59. The fourth-order valence-electron chi connectivity index (χ4n) is 4.48. The Morgan fingerprint density at radius 2 is 1.91 bits per heavy atom. The van der Waals surface area contributed by atoms with Crippen molar-refractivity contribution in [3.05, 3.63) is 58.8 Å². The van der Waals surface area contributed by atoms with Gasteiger partial charge in [0.15, 0.2) is 11.5 Å². The summed E-state index contributed by atoms with van der Waals surface area (Å²) in [6.07, 6.45) is 4.27. The lowest BCUT2D eigenvalue weighted by Crippen LogP contribution is -2.52. The highest BCUT2D eigenvalue weighted by Crippen LogP contribution is 2.29. The fraction of sp³-hybridized carbons (Fsp3) is 0.417. The second-order valence-corrected chi connectivity index (χ2v) is 8.87. The number of pyridine rings is 2. The molecule has 2 N–H and O–H groups in total. The molecule has 0 amide bonds. The molecule has 0 aliphatic carbocycles. The molecule has 3 aromatic rings. The van der Waals surface area contributed by atoms with E-state index in [1.165, 1.54) is 12.1 Å². The van der Waals surface area contributed by atoms with Crippen LogP contribution in [0.1, 0.15) is 17.7 Å². The Kier molecular flexibility index (Phi) is 9.75. The van der Waals surface area contributed by atoms with Crippen LogP contribution in [0.5, 0.6) is 11.5 Å². The van der Waals surface area contributed by atoms with Crippen LogP contribution in [-0.2, 0) is 13.0 Å². The van der Waals surface area contributed by atoms with Gasteiger partial charge >= 0.3 is 0 Å². The van der Waals surface area contributed by atoms with Crippen LogP contribution in [0, 0.1) is 5.82 Å². The van der Waals surface area contributed by atoms with Gasteiger partial charge in [-0.2, -0.15) is 0 Å². The molecule has 35 heavy (non-hydrogen) atoms. The lowest BCUT2D eigenvalue weighted by molar-refractivity contribution is 0.0403.